The van der Waals surface area contributed by atoms with E-state index >= 15 is 0 Å². The molecular formula is C27H22F2N6O2. The van der Waals surface area contributed by atoms with Crippen molar-refractivity contribution in [1.29, 1.82) is 5.26 Å². The molecule has 0 spiro atoms. The zero-order valence-electron chi connectivity index (χ0n) is 19.8. The predicted octanol–water partition coefficient (Wildman–Crippen LogP) is 4.25. The third-order valence-corrected chi connectivity index (χ3v) is 6.13. The van der Waals surface area contributed by atoms with Gasteiger partial charge in [-0.3, -0.25) is 4.68 Å². The zero-order chi connectivity index (χ0) is 26.0. The second kappa shape index (κ2) is 9.79. The summed E-state index contributed by atoms with van der Waals surface area (Å²) in [7, 11) is 0. The van der Waals surface area contributed by atoms with Crippen LogP contribution in [0.1, 0.15) is 22.4 Å². The number of hydrogen-bond donors (Lipinski definition) is 1. The number of aryl methyl sites for hydroxylation is 1. The number of rotatable bonds is 8. The Morgan fingerprint density at radius 1 is 1.08 bits per heavy atom. The van der Waals surface area contributed by atoms with Crippen molar-refractivity contribution in [2.45, 2.75) is 32.2 Å². The molecule has 0 amide bonds. The maximum atomic E-state index is 14.9. The molecule has 5 aromatic rings. The van der Waals surface area contributed by atoms with Crippen molar-refractivity contribution >= 4 is 10.9 Å². The second-order valence-corrected chi connectivity index (χ2v) is 8.74. The van der Waals surface area contributed by atoms with Gasteiger partial charge in [-0.2, -0.15) is 15.5 Å². The van der Waals surface area contributed by atoms with E-state index in [2.05, 4.69) is 21.3 Å². The maximum absolute atomic E-state index is 14.9. The van der Waals surface area contributed by atoms with Gasteiger partial charge in [0.2, 0.25) is 0 Å². The van der Waals surface area contributed by atoms with Gasteiger partial charge in [-0.15, -0.1) is 0 Å². The summed E-state index contributed by atoms with van der Waals surface area (Å²) < 4.78 is 37.5. The van der Waals surface area contributed by atoms with Gasteiger partial charge in [0.05, 0.1) is 41.3 Å². The highest BCUT2D eigenvalue weighted by atomic mass is 19.1. The van der Waals surface area contributed by atoms with E-state index in [1.807, 2.05) is 37.3 Å². The van der Waals surface area contributed by atoms with Gasteiger partial charge in [0, 0.05) is 11.6 Å². The Balaban J connectivity index is 1.49. The van der Waals surface area contributed by atoms with Gasteiger partial charge in [-0.05, 0) is 42.8 Å². The van der Waals surface area contributed by atoms with Crippen LogP contribution >= 0.6 is 0 Å². The van der Waals surface area contributed by atoms with E-state index in [9.17, 15) is 13.9 Å². The molecule has 0 radical (unpaired) electrons. The standard InChI is InChI=1S/C27H22F2N6O2/c1-18-26-24(3-2-4-25(26)37-13-20-7-5-19(12-30)6-8-20)35(33-18)15-27(36,14-34-17-31-16-32-34)22-10-9-21(28)11-23(22)29/h2-11,16-17,36H,13-15H2,1H3. The molecule has 1 unspecified atom stereocenters. The maximum Gasteiger partial charge on any atom is 0.137 e. The Labute approximate surface area is 211 Å². The first-order valence-corrected chi connectivity index (χ1v) is 11.4. The molecule has 10 heteroatoms. The average Bonchev–Trinajstić information content (AvgIpc) is 3.50. The first-order valence-electron chi connectivity index (χ1n) is 11.4. The first kappa shape index (κ1) is 24.1. The predicted molar refractivity (Wildman–Crippen MR) is 130 cm³/mol. The summed E-state index contributed by atoms with van der Waals surface area (Å²) in [5.74, 6) is -1.02. The number of aliphatic hydroxyl groups is 1. The van der Waals surface area contributed by atoms with Crippen molar-refractivity contribution in [2.75, 3.05) is 0 Å². The number of halogens is 2. The van der Waals surface area contributed by atoms with Crippen LogP contribution < -0.4 is 4.74 Å². The van der Waals surface area contributed by atoms with E-state index in [0.717, 1.165) is 23.1 Å². The van der Waals surface area contributed by atoms with Crippen LogP contribution in [0.3, 0.4) is 0 Å². The fourth-order valence-corrected chi connectivity index (χ4v) is 4.38. The minimum absolute atomic E-state index is 0.0843. The quantitative estimate of drug-likeness (QED) is 0.342. The van der Waals surface area contributed by atoms with E-state index < -0.39 is 17.2 Å². The van der Waals surface area contributed by atoms with Crippen molar-refractivity contribution in [3.05, 3.63) is 107 Å². The summed E-state index contributed by atoms with van der Waals surface area (Å²) in [4.78, 5) is 3.90. The van der Waals surface area contributed by atoms with E-state index in [1.165, 1.54) is 23.4 Å². The number of aromatic nitrogens is 5. The summed E-state index contributed by atoms with van der Waals surface area (Å²) in [6, 6.07) is 17.7. The van der Waals surface area contributed by atoms with Gasteiger partial charge in [-0.1, -0.05) is 24.3 Å². The van der Waals surface area contributed by atoms with Crippen LogP contribution in [0.15, 0.2) is 73.3 Å². The van der Waals surface area contributed by atoms with E-state index in [4.69, 9.17) is 10.00 Å². The van der Waals surface area contributed by atoms with Crippen molar-refractivity contribution in [2.24, 2.45) is 0 Å². The van der Waals surface area contributed by atoms with Crippen molar-refractivity contribution in [1.82, 2.24) is 24.5 Å². The Morgan fingerprint density at radius 2 is 1.89 bits per heavy atom. The zero-order valence-corrected chi connectivity index (χ0v) is 19.8. The Kier molecular flexibility index (Phi) is 6.38. The number of nitriles is 1. The fraction of sp³-hybridized carbons (Fsp3) is 0.185. The second-order valence-electron chi connectivity index (χ2n) is 8.74. The monoisotopic (exact) mass is 500 g/mol. The average molecular weight is 501 g/mol. The van der Waals surface area contributed by atoms with Crippen LogP contribution in [-0.4, -0.2) is 29.7 Å². The smallest absolute Gasteiger partial charge is 0.137 e. The van der Waals surface area contributed by atoms with Crippen LogP contribution in [0, 0.1) is 29.9 Å². The van der Waals surface area contributed by atoms with E-state index in [-0.39, 0.29) is 25.3 Å². The molecule has 2 aromatic heterocycles. The highest BCUT2D eigenvalue weighted by molar-refractivity contribution is 5.88. The molecule has 0 fully saturated rings. The largest absolute Gasteiger partial charge is 0.488 e. The third-order valence-electron chi connectivity index (χ3n) is 6.13. The molecule has 186 valence electrons. The van der Waals surface area contributed by atoms with Gasteiger partial charge in [0.1, 0.15) is 42.2 Å². The summed E-state index contributed by atoms with van der Waals surface area (Å²) >= 11 is 0. The molecule has 37 heavy (non-hydrogen) atoms. The van der Waals surface area contributed by atoms with Crippen molar-refractivity contribution in [3.8, 4) is 11.8 Å². The lowest BCUT2D eigenvalue weighted by Gasteiger charge is -2.29. The summed E-state index contributed by atoms with van der Waals surface area (Å²) in [6.45, 7) is 1.83. The molecule has 1 N–H and O–H groups in total. The van der Waals surface area contributed by atoms with E-state index in [0.29, 0.717) is 22.5 Å². The highest BCUT2D eigenvalue weighted by Crippen LogP contribution is 2.33. The number of nitrogens with zero attached hydrogens (tertiary/aromatic N) is 6. The molecular weight excluding hydrogens is 478 g/mol. The van der Waals surface area contributed by atoms with E-state index in [1.54, 1.807) is 16.8 Å². The molecule has 3 aromatic carbocycles. The molecule has 1 atom stereocenters. The van der Waals surface area contributed by atoms with Gasteiger partial charge in [0.15, 0.2) is 0 Å². The Morgan fingerprint density at radius 3 is 2.59 bits per heavy atom. The minimum Gasteiger partial charge on any atom is -0.488 e. The fourth-order valence-electron chi connectivity index (χ4n) is 4.38. The molecule has 0 saturated carbocycles. The van der Waals surface area contributed by atoms with Crippen LogP contribution in [0.2, 0.25) is 0 Å². The lowest BCUT2D eigenvalue weighted by molar-refractivity contribution is -0.00740. The van der Waals surface area contributed by atoms with Gasteiger partial charge >= 0.3 is 0 Å². The minimum atomic E-state index is -1.82. The van der Waals surface area contributed by atoms with Crippen LogP contribution in [0.25, 0.3) is 10.9 Å². The normalized spacial score (nSPS) is 12.8. The number of hydrogen-bond acceptors (Lipinski definition) is 6. The van der Waals surface area contributed by atoms with Crippen molar-refractivity contribution < 1.29 is 18.6 Å². The number of fused-ring (bicyclic) bond motifs is 1. The van der Waals surface area contributed by atoms with Gasteiger partial charge in [0.25, 0.3) is 0 Å². The third kappa shape index (κ3) is 4.90. The molecule has 0 aliphatic rings. The summed E-state index contributed by atoms with van der Waals surface area (Å²) in [5.41, 5.74) is 0.895. The summed E-state index contributed by atoms with van der Waals surface area (Å²) in [5, 5.41) is 30.1. The Bertz CT molecular complexity index is 1590. The van der Waals surface area contributed by atoms with Crippen molar-refractivity contribution in [3.63, 3.8) is 0 Å². The molecule has 5 rings (SSSR count). The highest BCUT2D eigenvalue weighted by Gasteiger charge is 2.35. The summed E-state index contributed by atoms with van der Waals surface area (Å²) in [6.07, 6.45) is 2.72. The SMILES string of the molecule is Cc1nn(CC(O)(Cn2cncn2)c2ccc(F)cc2F)c2cccc(OCc3ccc(C#N)cc3)c12. The van der Waals surface area contributed by atoms with Gasteiger partial charge < -0.3 is 9.84 Å². The Hall–Kier alpha value is -4.62. The molecule has 0 bridgehead atoms. The molecule has 0 aliphatic heterocycles. The molecule has 0 aliphatic carbocycles. The van der Waals surface area contributed by atoms with Crippen LogP contribution in [0.5, 0.6) is 5.75 Å². The number of ether oxygens (including phenoxy) is 1. The number of benzene rings is 3. The van der Waals surface area contributed by atoms with Crippen LogP contribution in [0.4, 0.5) is 8.78 Å². The molecule has 8 nitrogen and oxygen atoms in total. The lowest BCUT2D eigenvalue weighted by atomic mass is 9.92. The molecule has 0 saturated heterocycles. The van der Waals surface area contributed by atoms with Gasteiger partial charge in [-0.25, -0.2) is 18.4 Å². The lowest BCUT2D eigenvalue weighted by Crippen LogP contribution is -2.37. The van der Waals surface area contributed by atoms with Crippen LogP contribution in [-0.2, 0) is 25.3 Å². The molecule has 2 heterocycles. The first-order chi connectivity index (χ1) is 17.9. The topological polar surface area (TPSA) is 102 Å².